The number of carboxylic acid groups (broad SMARTS) is 1. The van der Waals surface area contributed by atoms with Crippen LogP contribution >= 0.6 is 23.4 Å². The number of amidine groups is 1. The van der Waals surface area contributed by atoms with Gasteiger partial charge in [-0.3, -0.25) is 9.69 Å². The Hall–Kier alpha value is -2.71. The average Bonchev–Trinajstić information content (AvgIpc) is 3.13. The molecule has 1 saturated heterocycles. The lowest BCUT2D eigenvalue weighted by Gasteiger charge is -2.32. The standard InChI is InChI=1S/C19H15ClN2O5S/c20-12-2-4-13(5-3-12)21-19-22(17(23)8-16(28-19)18(24)25)9-11-1-6-14-15(7-11)27-10-26-14/h1-7,16H,8-10H2,(H,24,25)/p-1/t16-/m0/s1. The first kappa shape index (κ1) is 18.6. The van der Waals surface area contributed by atoms with Crippen molar-refractivity contribution in [3.05, 3.63) is 53.1 Å². The highest BCUT2D eigenvalue weighted by Crippen LogP contribution is 2.34. The number of aliphatic imine (C=N–C) groups is 1. The molecule has 0 bridgehead atoms. The van der Waals surface area contributed by atoms with E-state index in [1.54, 1.807) is 36.4 Å². The van der Waals surface area contributed by atoms with Crippen LogP contribution in [0.15, 0.2) is 47.5 Å². The lowest BCUT2D eigenvalue weighted by atomic mass is 10.1. The van der Waals surface area contributed by atoms with E-state index in [4.69, 9.17) is 21.1 Å². The number of rotatable bonds is 4. The number of thioether (sulfide) groups is 1. The van der Waals surface area contributed by atoms with Gasteiger partial charge in [0, 0.05) is 11.4 Å². The predicted octanol–water partition coefficient (Wildman–Crippen LogP) is 2.34. The molecule has 2 aliphatic heterocycles. The fourth-order valence-electron chi connectivity index (χ4n) is 2.83. The molecule has 0 unspecified atom stereocenters. The van der Waals surface area contributed by atoms with Crippen molar-refractivity contribution in [3.63, 3.8) is 0 Å². The van der Waals surface area contributed by atoms with Crippen LogP contribution in [0.25, 0.3) is 0 Å². The van der Waals surface area contributed by atoms with E-state index in [-0.39, 0.29) is 25.7 Å². The first-order valence-corrected chi connectivity index (χ1v) is 9.66. The Morgan fingerprint density at radius 3 is 2.71 bits per heavy atom. The van der Waals surface area contributed by atoms with Crippen LogP contribution in [-0.2, 0) is 16.1 Å². The van der Waals surface area contributed by atoms with Crippen LogP contribution in [0.3, 0.4) is 0 Å². The molecular weight excluding hydrogens is 404 g/mol. The van der Waals surface area contributed by atoms with E-state index in [9.17, 15) is 14.7 Å². The van der Waals surface area contributed by atoms with E-state index in [1.165, 1.54) is 4.90 Å². The molecule has 9 heteroatoms. The number of hydrogen-bond acceptors (Lipinski definition) is 7. The molecule has 0 aliphatic carbocycles. The number of halogens is 1. The van der Waals surface area contributed by atoms with Gasteiger partial charge in [0.05, 0.1) is 23.5 Å². The van der Waals surface area contributed by atoms with Crippen molar-refractivity contribution in [2.75, 3.05) is 6.79 Å². The van der Waals surface area contributed by atoms with E-state index in [2.05, 4.69) is 4.99 Å². The van der Waals surface area contributed by atoms with Crippen LogP contribution in [0.1, 0.15) is 12.0 Å². The highest BCUT2D eigenvalue weighted by molar-refractivity contribution is 8.15. The second-order valence-electron chi connectivity index (χ2n) is 6.17. The van der Waals surface area contributed by atoms with Crippen LogP contribution < -0.4 is 14.6 Å². The Morgan fingerprint density at radius 2 is 1.96 bits per heavy atom. The summed E-state index contributed by atoms with van der Waals surface area (Å²) >= 11 is 6.90. The van der Waals surface area contributed by atoms with Gasteiger partial charge in [-0.15, -0.1) is 0 Å². The largest absolute Gasteiger partial charge is 0.549 e. The minimum atomic E-state index is -1.29. The maximum atomic E-state index is 12.7. The number of benzene rings is 2. The fraction of sp³-hybridized carbons (Fsp3) is 0.211. The molecule has 4 rings (SSSR count). The van der Waals surface area contributed by atoms with Gasteiger partial charge in [0.15, 0.2) is 16.7 Å². The lowest BCUT2D eigenvalue weighted by molar-refractivity contribution is -0.304. The SMILES string of the molecule is O=C([O-])[C@@H]1CC(=O)N(Cc2ccc3c(c2)OCO3)C(=Nc2ccc(Cl)cc2)S1. The van der Waals surface area contributed by atoms with Gasteiger partial charge in [-0.05, 0) is 42.0 Å². The van der Waals surface area contributed by atoms with E-state index in [0.717, 1.165) is 17.3 Å². The van der Waals surface area contributed by atoms with Gasteiger partial charge in [-0.2, -0.15) is 0 Å². The Balaban J connectivity index is 1.64. The van der Waals surface area contributed by atoms with Crippen LogP contribution in [0.5, 0.6) is 11.5 Å². The van der Waals surface area contributed by atoms with Gasteiger partial charge in [-0.25, -0.2) is 4.99 Å². The summed E-state index contributed by atoms with van der Waals surface area (Å²) in [6.45, 7) is 0.391. The number of amides is 1. The number of carbonyl (C=O) groups is 2. The molecule has 2 aliphatic rings. The monoisotopic (exact) mass is 417 g/mol. The first-order valence-electron chi connectivity index (χ1n) is 8.40. The molecule has 0 N–H and O–H groups in total. The number of ether oxygens (including phenoxy) is 2. The molecule has 0 radical (unpaired) electrons. The van der Waals surface area contributed by atoms with Gasteiger partial charge in [0.2, 0.25) is 12.7 Å². The van der Waals surface area contributed by atoms with Crippen LogP contribution in [-0.4, -0.2) is 34.0 Å². The molecular formula is C19H14ClN2O5S-. The zero-order valence-electron chi connectivity index (χ0n) is 14.5. The molecule has 144 valence electrons. The summed E-state index contributed by atoms with van der Waals surface area (Å²) in [5, 5.41) is 11.2. The fourth-order valence-corrected chi connectivity index (χ4v) is 3.98. The Kier molecular flexibility index (Phi) is 5.15. The molecule has 1 fully saturated rings. The zero-order chi connectivity index (χ0) is 19.7. The molecule has 2 aromatic carbocycles. The van der Waals surface area contributed by atoms with Crippen LogP contribution in [0.4, 0.5) is 5.69 Å². The number of fused-ring (bicyclic) bond motifs is 1. The Bertz CT molecular complexity index is 963. The van der Waals surface area contributed by atoms with Crippen molar-refractivity contribution in [2.24, 2.45) is 4.99 Å². The number of carboxylic acids is 1. The third kappa shape index (κ3) is 3.93. The van der Waals surface area contributed by atoms with E-state index < -0.39 is 11.2 Å². The summed E-state index contributed by atoms with van der Waals surface area (Å²) in [6.07, 6.45) is -0.156. The lowest BCUT2D eigenvalue weighted by Crippen LogP contribution is -2.47. The van der Waals surface area contributed by atoms with Crippen LogP contribution in [0, 0.1) is 0 Å². The molecule has 7 nitrogen and oxygen atoms in total. The number of aliphatic carboxylic acids is 1. The average molecular weight is 418 g/mol. The molecule has 0 aromatic heterocycles. The van der Waals surface area contributed by atoms with Crippen molar-refractivity contribution in [1.82, 2.24) is 4.90 Å². The Morgan fingerprint density at radius 1 is 1.21 bits per heavy atom. The molecule has 1 atom stereocenters. The van der Waals surface area contributed by atoms with Gasteiger partial charge in [0.25, 0.3) is 0 Å². The number of nitrogens with zero attached hydrogens (tertiary/aromatic N) is 2. The zero-order valence-corrected chi connectivity index (χ0v) is 16.0. The number of hydrogen-bond donors (Lipinski definition) is 0. The maximum absolute atomic E-state index is 12.7. The first-order chi connectivity index (χ1) is 13.5. The molecule has 2 aromatic rings. The van der Waals surface area contributed by atoms with Crippen molar-refractivity contribution in [2.45, 2.75) is 18.2 Å². The minimum Gasteiger partial charge on any atom is -0.549 e. The van der Waals surface area contributed by atoms with Gasteiger partial charge < -0.3 is 19.4 Å². The molecule has 2 heterocycles. The summed E-state index contributed by atoms with van der Waals surface area (Å²) in [7, 11) is 0. The summed E-state index contributed by atoms with van der Waals surface area (Å²) < 4.78 is 10.7. The van der Waals surface area contributed by atoms with E-state index >= 15 is 0 Å². The maximum Gasteiger partial charge on any atom is 0.231 e. The predicted molar refractivity (Wildman–Crippen MR) is 103 cm³/mol. The number of carbonyl (C=O) groups excluding carboxylic acids is 2. The Labute approximate surface area is 169 Å². The summed E-state index contributed by atoms with van der Waals surface area (Å²) in [4.78, 5) is 29.9. The molecule has 1 amide bonds. The van der Waals surface area contributed by atoms with Gasteiger partial charge in [-0.1, -0.05) is 29.4 Å². The second-order valence-corrected chi connectivity index (χ2v) is 7.77. The quantitative estimate of drug-likeness (QED) is 0.758. The topological polar surface area (TPSA) is 91.3 Å². The van der Waals surface area contributed by atoms with Crippen molar-refractivity contribution in [3.8, 4) is 11.5 Å². The molecule has 0 saturated carbocycles. The normalized spacial score (nSPS) is 19.9. The van der Waals surface area contributed by atoms with Crippen molar-refractivity contribution < 1.29 is 24.2 Å². The third-order valence-electron chi connectivity index (χ3n) is 4.23. The highest BCUT2D eigenvalue weighted by Gasteiger charge is 2.33. The van der Waals surface area contributed by atoms with Crippen molar-refractivity contribution >= 4 is 46.1 Å². The van der Waals surface area contributed by atoms with E-state index in [0.29, 0.717) is 27.4 Å². The molecule has 0 spiro atoms. The van der Waals surface area contributed by atoms with E-state index in [1.807, 2.05) is 6.07 Å². The highest BCUT2D eigenvalue weighted by atomic mass is 35.5. The summed E-state index contributed by atoms with van der Waals surface area (Å²) in [5.41, 5.74) is 1.38. The van der Waals surface area contributed by atoms with Gasteiger partial charge >= 0.3 is 0 Å². The van der Waals surface area contributed by atoms with Gasteiger partial charge in [0.1, 0.15) is 0 Å². The van der Waals surface area contributed by atoms with Crippen molar-refractivity contribution in [1.29, 1.82) is 0 Å². The third-order valence-corrected chi connectivity index (χ3v) is 5.65. The second kappa shape index (κ2) is 7.73. The van der Waals surface area contributed by atoms with Crippen LogP contribution in [0.2, 0.25) is 5.02 Å². The smallest absolute Gasteiger partial charge is 0.231 e. The summed E-state index contributed by atoms with van der Waals surface area (Å²) in [6, 6.07) is 12.1. The minimum absolute atomic E-state index is 0.156. The molecule has 28 heavy (non-hydrogen) atoms. The summed E-state index contributed by atoms with van der Waals surface area (Å²) in [5.74, 6) is -0.364.